The molecule has 2 aromatic heterocycles. The molecule has 0 unspecified atom stereocenters. The van der Waals surface area contributed by atoms with Gasteiger partial charge < -0.3 is 5.32 Å². The van der Waals surface area contributed by atoms with Gasteiger partial charge in [-0.2, -0.15) is 0 Å². The first-order valence-corrected chi connectivity index (χ1v) is 18.4. The summed E-state index contributed by atoms with van der Waals surface area (Å²) in [6.45, 7) is 6.09. The van der Waals surface area contributed by atoms with Crippen molar-refractivity contribution in [3.63, 3.8) is 0 Å². The average molecular weight is 680 g/mol. The Hall–Kier alpha value is -5.74. The molecule has 6 aromatic carbocycles. The van der Waals surface area contributed by atoms with Gasteiger partial charge in [-0.3, -0.25) is 0 Å². The molecule has 8 aromatic rings. The van der Waals surface area contributed by atoms with E-state index in [1.54, 1.807) is 0 Å². The van der Waals surface area contributed by atoms with Crippen molar-refractivity contribution < 1.29 is 0 Å². The van der Waals surface area contributed by atoms with E-state index in [0.717, 1.165) is 22.5 Å². The predicted octanol–water partition coefficient (Wildman–Crippen LogP) is 14.7. The molecule has 0 aliphatic carbocycles. The summed E-state index contributed by atoms with van der Waals surface area (Å²) in [4.78, 5) is 5.21. The minimum absolute atomic E-state index is 1.07. The first-order chi connectivity index (χ1) is 24.7. The summed E-state index contributed by atoms with van der Waals surface area (Å²) in [6, 6.07) is 59.8. The number of thiophene rings is 2. The van der Waals surface area contributed by atoms with Gasteiger partial charge in [0.25, 0.3) is 0 Å². The Labute approximate surface area is 303 Å². The maximum absolute atomic E-state index is 4.04. The van der Waals surface area contributed by atoms with E-state index in [-0.39, 0.29) is 0 Å². The highest BCUT2D eigenvalue weighted by molar-refractivity contribution is 7.19. The lowest BCUT2D eigenvalue weighted by molar-refractivity contribution is 1.56. The normalized spacial score (nSPS) is 10.9. The summed E-state index contributed by atoms with van der Waals surface area (Å²) < 4.78 is 0. The molecule has 50 heavy (non-hydrogen) atoms. The van der Waals surface area contributed by atoms with E-state index in [9.17, 15) is 0 Å². The Kier molecular flexibility index (Phi) is 10.3. The fourth-order valence-corrected chi connectivity index (χ4v) is 8.08. The van der Waals surface area contributed by atoms with E-state index < -0.39 is 0 Å². The molecule has 0 saturated heterocycles. The van der Waals surface area contributed by atoms with Crippen molar-refractivity contribution in [3.05, 3.63) is 194 Å². The first-order valence-electron chi connectivity index (χ1n) is 16.7. The number of nitrogens with one attached hydrogen (secondary N) is 1. The summed E-state index contributed by atoms with van der Waals surface area (Å²) in [6.07, 6.45) is 6.15. The van der Waals surface area contributed by atoms with Gasteiger partial charge in [0.2, 0.25) is 0 Å². The van der Waals surface area contributed by atoms with Crippen LogP contribution in [0.2, 0.25) is 0 Å². The molecule has 0 amide bonds. The van der Waals surface area contributed by atoms with Crippen LogP contribution in [0.5, 0.6) is 0 Å². The van der Waals surface area contributed by atoms with Gasteiger partial charge in [0.1, 0.15) is 0 Å². The minimum Gasteiger partial charge on any atom is -0.355 e. The third-order valence-electron chi connectivity index (χ3n) is 8.50. The summed E-state index contributed by atoms with van der Waals surface area (Å²) in [5, 5.41) is 6.04. The van der Waals surface area contributed by atoms with Crippen LogP contribution in [-0.4, -0.2) is 0 Å². The van der Waals surface area contributed by atoms with Crippen LogP contribution in [0.1, 0.15) is 18.1 Å². The van der Waals surface area contributed by atoms with E-state index in [2.05, 4.69) is 194 Å². The van der Waals surface area contributed by atoms with E-state index in [0.29, 0.717) is 0 Å². The average Bonchev–Trinajstić information content (AvgIpc) is 3.89. The van der Waals surface area contributed by atoms with Gasteiger partial charge in [-0.1, -0.05) is 152 Å². The zero-order valence-electron chi connectivity index (χ0n) is 27.9. The summed E-state index contributed by atoms with van der Waals surface area (Å²) in [5.41, 5.74) is 9.57. The molecule has 1 N–H and O–H groups in total. The van der Waals surface area contributed by atoms with Crippen LogP contribution in [-0.2, 0) is 0 Å². The van der Waals surface area contributed by atoms with Crippen molar-refractivity contribution in [2.45, 2.75) is 6.92 Å². The van der Waals surface area contributed by atoms with Crippen LogP contribution in [0, 0.1) is 0 Å². The number of hydrogen-bond donors (Lipinski definition) is 1. The molecular formula is C47H37NS2. The molecule has 2 heterocycles. The molecule has 0 aliphatic rings. The molecular weight excluding hydrogens is 643 g/mol. The second-order valence-electron chi connectivity index (χ2n) is 11.8. The van der Waals surface area contributed by atoms with Gasteiger partial charge in [0, 0.05) is 36.3 Å². The number of rotatable bonds is 8. The number of fused-ring (bicyclic) bond motifs is 1. The first kappa shape index (κ1) is 32.8. The quantitative estimate of drug-likeness (QED) is 0.169. The molecule has 0 atom stereocenters. The highest BCUT2D eigenvalue weighted by Crippen LogP contribution is 2.37. The lowest BCUT2D eigenvalue weighted by Crippen LogP contribution is -1.95. The van der Waals surface area contributed by atoms with Crippen LogP contribution in [0.4, 0.5) is 11.4 Å². The molecule has 8 rings (SSSR count). The van der Waals surface area contributed by atoms with Crippen LogP contribution in [0.25, 0.3) is 64.7 Å². The fourth-order valence-electron chi connectivity index (χ4n) is 6.04. The van der Waals surface area contributed by atoms with Crippen LogP contribution in [0.3, 0.4) is 0 Å². The topological polar surface area (TPSA) is 12.0 Å². The number of allylic oxidation sites excluding steroid dienone is 1. The molecule has 3 heteroatoms. The lowest BCUT2D eigenvalue weighted by atomic mass is 9.96. The van der Waals surface area contributed by atoms with Gasteiger partial charge in [-0.05, 0) is 88.2 Å². The number of anilines is 2. The maximum Gasteiger partial charge on any atom is 0.0470 e. The minimum atomic E-state index is 1.07. The molecule has 0 saturated carbocycles. The van der Waals surface area contributed by atoms with E-state index >= 15 is 0 Å². The number of hydrogen-bond acceptors (Lipinski definition) is 3. The standard InChI is InChI=1S/C31H25NS.C16H12S/c1-3-10-24-21-29(28-14-9-8-13-27(28)26(24)4-2)32-25-17-15-23(16-18-25)31-20-19-30(33-31)22-11-6-5-7-12-22;1-3-7-13(8-4-1)15-11-12-16(17-15)14-9-5-2-6-10-14/h3-21,32H,2H2,1H3;1-12H/b10-3-;. The second-order valence-corrected chi connectivity index (χ2v) is 14.0. The lowest BCUT2D eigenvalue weighted by Gasteiger charge is -2.15. The summed E-state index contributed by atoms with van der Waals surface area (Å²) in [7, 11) is 0. The SMILES string of the molecule is C=Cc1c(/C=C\C)cc(Nc2ccc(-c3ccc(-c4ccccc4)s3)cc2)c2ccccc12.c1ccc(-c2ccc(-c3ccccc3)s2)cc1. The molecule has 1 nitrogen and oxygen atoms in total. The largest absolute Gasteiger partial charge is 0.355 e. The highest BCUT2D eigenvalue weighted by atomic mass is 32.1. The molecule has 242 valence electrons. The van der Waals surface area contributed by atoms with Gasteiger partial charge in [-0.15, -0.1) is 22.7 Å². The Morgan fingerprint density at radius 1 is 0.480 bits per heavy atom. The monoisotopic (exact) mass is 679 g/mol. The zero-order chi connectivity index (χ0) is 34.1. The Morgan fingerprint density at radius 2 is 0.900 bits per heavy atom. The molecule has 0 aliphatic heterocycles. The van der Waals surface area contributed by atoms with Crippen molar-refractivity contribution >= 4 is 57.0 Å². The van der Waals surface area contributed by atoms with Crippen molar-refractivity contribution in [1.82, 2.24) is 0 Å². The smallest absolute Gasteiger partial charge is 0.0470 e. The van der Waals surface area contributed by atoms with Crippen molar-refractivity contribution in [3.8, 4) is 41.8 Å². The van der Waals surface area contributed by atoms with Gasteiger partial charge >= 0.3 is 0 Å². The summed E-state index contributed by atoms with van der Waals surface area (Å²) in [5.74, 6) is 0. The molecule has 0 fully saturated rings. The van der Waals surface area contributed by atoms with E-state index in [1.807, 2.05) is 35.7 Å². The maximum atomic E-state index is 4.04. The molecule has 0 radical (unpaired) electrons. The van der Waals surface area contributed by atoms with Crippen LogP contribution < -0.4 is 5.32 Å². The van der Waals surface area contributed by atoms with Crippen molar-refractivity contribution in [1.29, 1.82) is 0 Å². The molecule has 0 spiro atoms. The summed E-state index contributed by atoms with van der Waals surface area (Å²) >= 11 is 3.66. The van der Waals surface area contributed by atoms with Crippen LogP contribution in [0.15, 0.2) is 183 Å². The fraction of sp³-hybridized carbons (Fsp3) is 0.0213. The third kappa shape index (κ3) is 7.45. The van der Waals surface area contributed by atoms with Crippen LogP contribution >= 0.6 is 22.7 Å². The van der Waals surface area contributed by atoms with Crippen molar-refractivity contribution in [2.75, 3.05) is 5.32 Å². The second kappa shape index (κ2) is 15.7. The Morgan fingerprint density at radius 3 is 1.34 bits per heavy atom. The van der Waals surface area contributed by atoms with Gasteiger partial charge in [-0.25, -0.2) is 0 Å². The van der Waals surface area contributed by atoms with Crippen molar-refractivity contribution in [2.24, 2.45) is 0 Å². The highest BCUT2D eigenvalue weighted by Gasteiger charge is 2.10. The zero-order valence-corrected chi connectivity index (χ0v) is 29.6. The van der Waals surface area contributed by atoms with E-state index in [4.69, 9.17) is 0 Å². The molecule has 0 bridgehead atoms. The van der Waals surface area contributed by atoms with Gasteiger partial charge in [0.05, 0.1) is 0 Å². The predicted molar refractivity (Wildman–Crippen MR) is 222 cm³/mol. The van der Waals surface area contributed by atoms with Gasteiger partial charge in [0.15, 0.2) is 0 Å². The number of benzene rings is 6. The Balaban J connectivity index is 0.000000193. The third-order valence-corrected chi connectivity index (χ3v) is 10.9. The van der Waals surface area contributed by atoms with E-state index in [1.165, 1.54) is 52.5 Å². The Bertz CT molecular complexity index is 2290.